The fourth-order valence-corrected chi connectivity index (χ4v) is 5.10. The molecule has 4 rings (SSSR count). The first-order valence-corrected chi connectivity index (χ1v) is 10.2. The molecule has 1 aliphatic carbocycles. The lowest BCUT2D eigenvalue weighted by Gasteiger charge is -2.41. The molecule has 2 amide bonds. The molecule has 2 aliphatic heterocycles. The van der Waals surface area contributed by atoms with Crippen LogP contribution >= 0.6 is 0 Å². The number of likely N-dealkylation sites (tertiary alicyclic amines) is 2. The summed E-state index contributed by atoms with van der Waals surface area (Å²) in [5, 5.41) is 4.12. The van der Waals surface area contributed by atoms with Gasteiger partial charge in [0.15, 0.2) is 0 Å². The van der Waals surface area contributed by atoms with Crippen molar-refractivity contribution in [2.24, 2.45) is 11.3 Å². The van der Waals surface area contributed by atoms with Crippen LogP contribution in [0.3, 0.4) is 0 Å². The highest BCUT2D eigenvalue weighted by Gasteiger charge is 2.49. The number of aromatic nitrogens is 2. The van der Waals surface area contributed by atoms with Crippen LogP contribution in [-0.2, 0) is 16.1 Å². The lowest BCUT2D eigenvalue weighted by atomic mass is 9.77. The number of rotatable bonds is 4. The first kappa shape index (κ1) is 17.6. The quantitative estimate of drug-likeness (QED) is 0.830. The number of hydrogen-bond donors (Lipinski definition) is 0. The highest BCUT2D eigenvalue weighted by Crippen LogP contribution is 2.41. The molecule has 0 unspecified atom stereocenters. The second-order valence-corrected chi connectivity index (χ2v) is 8.41. The fraction of sp³-hybridized carbons (Fsp3) is 0.750. The lowest BCUT2D eigenvalue weighted by Crippen LogP contribution is -2.51. The van der Waals surface area contributed by atoms with Crippen molar-refractivity contribution in [3.05, 3.63) is 18.5 Å². The normalized spacial score (nSPS) is 27.5. The van der Waals surface area contributed by atoms with Gasteiger partial charge in [-0.3, -0.25) is 14.3 Å². The van der Waals surface area contributed by atoms with Gasteiger partial charge in [-0.05, 0) is 44.1 Å². The van der Waals surface area contributed by atoms with Crippen LogP contribution in [0.15, 0.2) is 18.5 Å². The predicted molar refractivity (Wildman–Crippen MR) is 98.2 cm³/mol. The Morgan fingerprint density at radius 2 is 2.00 bits per heavy atom. The van der Waals surface area contributed by atoms with Gasteiger partial charge in [-0.1, -0.05) is 19.3 Å². The molecule has 3 heterocycles. The third-order valence-electron chi connectivity index (χ3n) is 6.59. The molecule has 1 aromatic heterocycles. The molecule has 26 heavy (non-hydrogen) atoms. The second-order valence-electron chi connectivity index (χ2n) is 8.41. The zero-order chi connectivity index (χ0) is 18.0. The van der Waals surface area contributed by atoms with Gasteiger partial charge in [0.2, 0.25) is 11.8 Å². The SMILES string of the molecule is O=C(Cn1cccn1)N1CC[C@]2(CCCN(CC3CCCCC3)C2=O)C1. The summed E-state index contributed by atoms with van der Waals surface area (Å²) in [6, 6.07) is 1.83. The maximum atomic E-state index is 13.3. The molecule has 0 aromatic carbocycles. The van der Waals surface area contributed by atoms with Crippen LogP contribution in [0.4, 0.5) is 0 Å². The number of piperidine rings is 1. The van der Waals surface area contributed by atoms with Gasteiger partial charge in [-0.25, -0.2) is 0 Å². The van der Waals surface area contributed by atoms with Crippen LogP contribution in [0.5, 0.6) is 0 Å². The summed E-state index contributed by atoms with van der Waals surface area (Å²) in [4.78, 5) is 29.9. The first-order valence-electron chi connectivity index (χ1n) is 10.2. The molecule has 1 saturated carbocycles. The number of carbonyl (C=O) groups excluding carboxylic acids is 2. The topological polar surface area (TPSA) is 58.4 Å². The predicted octanol–water partition coefficient (Wildman–Crippen LogP) is 2.30. The summed E-state index contributed by atoms with van der Waals surface area (Å²) < 4.78 is 1.66. The van der Waals surface area contributed by atoms with Crippen molar-refractivity contribution in [3.63, 3.8) is 0 Å². The van der Waals surface area contributed by atoms with E-state index in [2.05, 4.69) is 10.00 Å². The summed E-state index contributed by atoms with van der Waals surface area (Å²) in [5.41, 5.74) is -0.327. The molecule has 3 aliphatic rings. The van der Waals surface area contributed by atoms with Gasteiger partial charge in [0, 0.05) is 38.6 Å². The van der Waals surface area contributed by atoms with Crippen molar-refractivity contribution in [1.82, 2.24) is 19.6 Å². The van der Waals surface area contributed by atoms with Gasteiger partial charge < -0.3 is 9.80 Å². The molecule has 0 radical (unpaired) electrons. The Morgan fingerprint density at radius 1 is 1.15 bits per heavy atom. The van der Waals surface area contributed by atoms with E-state index >= 15 is 0 Å². The monoisotopic (exact) mass is 358 g/mol. The minimum Gasteiger partial charge on any atom is -0.342 e. The maximum absolute atomic E-state index is 13.3. The van der Waals surface area contributed by atoms with Gasteiger partial charge in [-0.2, -0.15) is 5.10 Å². The van der Waals surface area contributed by atoms with E-state index in [9.17, 15) is 9.59 Å². The van der Waals surface area contributed by atoms with E-state index in [4.69, 9.17) is 0 Å². The first-order chi connectivity index (χ1) is 12.7. The van der Waals surface area contributed by atoms with Crippen molar-refractivity contribution in [2.45, 2.75) is 57.9 Å². The Hall–Kier alpha value is -1.85. The van der Waals surface area contributed by atoms with Crippen molar-refractivity contribution < 1.29 is 9.59 Å². The molecule has 6 heteroatoms. The maximum Gasteiger partial charge on any atom is 0.244 e. The minimum absolute atomic E-state index is 0.0720. The van der Waals surface area contributed by atoms with E-state index in [0.717, 1.165) is 32.4 Å². The van der Waals surface area contributed by atoms with Gasteiger partial charge in [-0.15, -0.1) is 0 Å². The second kappa shape index (κ2) is 7.41. The van der Waals surface area contributed by atoms with E-state index in [1.165, 1.54) is 32.1 Å². The Kier molecular flexibility index (Phi) is 5.00. The lowest BCUT2D eigenvalue weighted by molar-refractivity contribution is -0.147. The van der Waals surface area contributed by atoms with E-state index < -0.39 is 0 Å². The molecule has 142 valence electrons. The van der Waals surface area contributed by atoms with Crippen LogP contribution in [0.1, 0.15) is 51.4 Å². The number of carbonyl (C=O) groups is 2. The van der Waals surface area contributed by atoms with Crippen LogP contribution < -0.4 is 0 Å². The average molecular weight is 358 g/mol. The molecule has 6 nitrogen and oxygen atoms in total. The summed E-state index contributed by atoms with van der Waals surface area (Å²) in [5.74, 6) is 1.06. The van der Waals surface area contributed by atoms with Gasteiger partial charge in [0.25, 0.3) is 0 Å². The van der Waals surface area contributed by atoms with Crippen LogP contribution in [0, 0.1) is 11.3 Å². The van der Waals surface area contributed by atoms with E-state index in [0.29, 0.717) is 24.9 Å². The smallest absolute Gasteiger partial charge is 0.244 e. The molecule has 1 aromatic rings. The van der Waals surface area contributed by atoms with Crippen molar-refractivity contribution in [3.8, 4) is 0 Å². The number of nitrogens with zero attached hydrogens (tertiary/aromatic N) is 4. The molecule has 3 fully saturated rings. The molecular formula is C20H30N4O2. The summed E-state index contributed by atoms with van der Waals surface area (Å²) >= 11 is 0. The van der Waals surface area contributed by atoms with E-state index in [1.54, 1.807) is 17.1 Å². The molecule has 1 spiro atoms. The highest BCUT2D eigenvalue weighted by atomic mass is 16.2. The third kappa shape index (κ3) is 3.51. The minimum atomic E-state index is -0.327. The van der Waals surface area contributed by atoms with E-state index in [-0.39, 0.29) is 17.9 Å². The number of amides is 2. The Morgan fingerprint density at radius 3 is 2.77 bits per heavy atom. The fourth-order valence-electron chi connectivity index (χ4n) is 5.10. The summed E-state index contributed by atoms with van der Waals surface area (Å²) in [6.45, 7) is 3.39. The Balaban J connectivity index is 1.38. The van der Waals surface area contributed by atoms with Crippen molar-refractivity contribution in [2.75, 3.05) is 26.2 Å². The zero-order valence-electron chi connectivity index (χ0n) is 15.6. The van der Waals surface area contributed by atoms with Gasteiger partial charge in [0.1, 0.15) is 6.54 Å². The molecule has 2 saturated heterocycles. The van der Waals surface area contributed by atoms with Crippen LogP contribution in [0.2, 0.25) is 0 Å². The highest BCUT2D eigenvalue weighted by molar-refractivity contribution is 5.86. The van der Waals surface area contributed by atoms with Crippen LogP contribution in [-0.4, -0.2) is 57.6 Å². The molecule has 0 bridgehead atoms. The Bertz CT molecular complexity index is 638. The largest absolute Gasteiger partial charge is 0.342 e. The van der Waals surface area contributed by atoms with Crippen molar-refractivity contribution in [1.29, 1.82) is 0 Å². The Labute approximate surface area is 155 Å². The average Bonchev–Trinajstić information content (AvgIpc) is 3.31. The summed E-state index contributed by atoms with van der Waals surface area (Å²) in [6.07, 6.45) is 12.8. The van der Waals surface area contributed by atoms with Gasteiger partial charge >= 0.3 is 0 Å². The molecule has 1 atom stereocenters. The molecule has 0 N–H and O–H groups in total. The third-order valence-corrected chi connectivity index (χ3v) is 6.59. The van der Waals surface area contributed by atoms with Gasteiger partial charge in [0.05, 0.1) is 5.41 Å². The van der Waals surface area contributed by atoms with Crippen LogP contribution in [0.25, 0.3) is 0 Å². The zero-order valence-corrected chi connectivity index (χ0v) is 15.6. The van der Waals surface area contributed by atoms with E-state index in [1.807, 2.05) is 11.0 Å². The standard InChI is InChI=1S/C20H30N4O2/c25-18(15-24-12-5-10-21-24)23-13-9-20(16-23)8-4-11-22(19(20)26)14-17-6-2-1-3-7-17/h5,10,12,17H,1-4,6-9,11,13-16H2/t20-/m1/s1. The summed E-state index contributed by atoms with van der Waals surface area (Å²) in [7, 11) is 0. The van der Waals surface area contributed by atoms with Crippen molar-refractivity contribution >= 4 is 11.8 Å². The molecular weight excluding hydrogens is 328 g/mol. The number of hydrogen-bond acceptors (Lipinski definition) is 3.